The Morgan fingerprint density at radius 2 is 1.57 bits per heavy atom. The van der Waals surface area contributed by atoms with E-state index in [4.69, 9.17) is 21.1 Å². The lowest BCUT2D eigenvalue weighted by molar-refractivity contribution is 0.102. The largest absolute Gasteiger partial charge is 0.493 e. The number of carbonyl (C=O) groups excluding carboxylic acids is 1. The number of rotatable bonds is 7. The minimum absolute atomic E-state index is 0.0621. The molecule has 0 radical (unpaired) electrons. The molecule has 0 heterocycles. The topological polar surface area (TPSA) is 93.7 Å². The summed E-state index contributed by atoms with van der Waals surface area (Å²) in [4.78, 5) is 12.7. The van der Waals surface area contributed by atoms with Crippen molar-refractivity contribution < 1.29 is 22.7 Å². The number of carbonyl (C=O) groups is 1. The molecule has 0 saturated carbocycles. The summed E-state index contributed by atoms with van der Waals surface area (Å²) in [5.74, 6) is 0.601. The molecule has 1 amide bonds. The van der Waals surface area contributed by atoms with Crippen LogP contribution >= 0.6 is 11.6 Å². The monoisotopic (exact) mass is 446 g/mol. The highest BCUT2D eigenvalue weighted by Crippen LogP contribution is 2.30. The second-order valence-corrected chi connectivity index (χ2v) is 8.28. The van der Waals surface area contributed by atoms with E-state index in [1.54, 1.807) is 36.4 Å². The molecule has 30 heavy (non-hydrogen) atoms. The van der Waals surface area contributed by atoms with Gasteiger partial charge in [0, 0.05) is 28.0 Å². The van der Waals surface area contributed by atoms with Gasteiger partial charge in [-0.25, -0.2) is 8.42 Å². The summed E-state index contributed by atoms with van der Waals surface area (Å²) in [5.41, 5.74) is 1.04. The minimum atomic E-state index is -3.82. The van der Waals surface area contributed by atoms with E-state index in [0.717, 1.165) is 0 Å². The van der Waals surface area contributed by atoms with Crippen molar-refractivity contribution in [3.05, 3.63) is 77.3 Å². The third kappa shape index (κ3) is 5.03. The number of nitrogens with one attached hydrogen (secondary N) is 2. The average molecular weight is 447 g/mol. The molecule has 0 aliphatic carbocycles. The molecule has 156 valence electrons. The molecule has 3 aromatic rings. The number of benzene rings is 3. The van der Waals surface area contributed by atoms with Crippen molar-refractivity contribution in [1.29, 1.82) is 0 Å². The molecule has 0 saturated heterocycles. The molecular weight excluding hydrogens is 428 g/mol. The molecule has 0 atom stereocenters. The molecule has 2 N–H and O–H groups in total. The fourth-order valence-corrected chi connectivity index (χ4v) is 3.84. The van der Waals surface area contributed by atoms with Crippen LogP contribution in [0.15, 0.2) is 71.6 Å². The van der Waals surface area contributed by atoms with Crippen molar-refractivity contribution in [2.45, 2.75) is 4.90 Å². The van der Waals surface area contributed by atoms with Crippen LogP contribution in [-0.4, -0.2) is 28.5 Å². The molecule has 0 aliphatic heterocycles. The first-order valence-electron chi connectivity index (χ1n) is 8.74. The van der Waals surface area contributed by atoms with Gasteiger partial charge in [-0.05, 0) is 54.6 Å². The zero-order valence-electron chi connectivity index (χ0n) is 16.2. The summed E-state index contributed by atoms with van der Waals surface area (Å²) >= 11 is 5.81. The van der Waals surface area contributed by atoms with Crippen LogP contribution in [0.3, 0.4) is 0 Å². The zero-order valence-corrected chi connectivity index (χ0v) is 17.8. The normalized spacial score (nSPS) is 10.9. The fraction of sp³-hybridized carbons (Fsp3) is 0.0952. The first-order valence-corrected chi connectivity index (χ1v) is 10.6. The van der Waals surface area contributed by atoms with Gasteiger partial charge >= 0.3 is 0 Å². The second-order valence-electron chi connectivity index (χ2n) is 6.16. The molecule has 0 unspecified atom stereocenters. The maximum atomic E-state index is 12.6. The van der Waals surface area contributed by atoms with Gasteiger partial charge < -0.3 is 14.8 Å². The van der Waals surface area contributed by atoms with Crippen LogP contribution in [0.5, 0.6) is 11.5 Å². The number of methoxy groups -OCH3 is 2. The molecule has 0 aliphatic rings. The van der Waals surface area contributed by atoms with Gasteiger partial charge in [-0.2, -0.15) is 0 Å². The summed E-state index contributed by atoms with van der Waals surface area (Å²) < 4.78 is 37.9. The standard InChI is InChI=1S/C21H19ClN2O5S/c1-28-19-11-8-16(13-20(19)29-2)23-21(25)14-4-3-5-17(12-14)24-30(26,27)18-9-6-15(22)7-10-18/h3-13,24H,1-2H3,(H,23,25). The quantitative estimate of drug-likeness (QED) is 0.560. The van der Waals surface area contributed by atoms with Gasteiger partial charge in [0.2, 0.25) is 0 Å². The minimum Gasteiger partial charge on any atom is -0.493 e. The first kappa shape index (κ1) is 21.5. The van der Waals surface area contributed by atoms with Crippen molar-refractivity contribution in [1.82, 2.24) is 0 Å². The van der Waals surface area contributed by atoms with Crippen LogP contribution in [0.1, 0.15) is 10.4 Å². The molecule has 0 fully saturated rings. The highest BCUT2D eigenvalue weighted by molar-refractivity contribution is 7.92. The van der Waals surface area contributed by atoms with Crippen molar-refractivity contribution in [2.75, 3.05) is 24.3 Å². The average Bonchev–Trinajstić information content (AvgIpc) is 2.73. The van der Waals surface area contributed by atoms with Crippen LogP contribution in [-0.2, 0) is 10.0 Å². The van der Waals surface area contributed by atoms with E-state index in [9.17, 15) is 13.2 Å². The maximum Gasteiger partial charge on any atom is 0.261 e. The zero-order chi connectivity index (χ0) is 21.7. The van der Waals surface area contributed by atoms with Crippen molar-refractivity contribution in [3.63, 3.8) is 0 Å². The Kier molecular flexibility index (Phi) is 6.49. The van der Waals surface area contributed by atoms with E-state index in [1.165, 1.54) is 44.6 Å². The lowest BCUT2D eigenvalue weighted by atomic mass is 10.2. The third-order valence-corrected chi connectivity index (χ3v) is 5.79. The van der Waals surface area contributed by atoms with Gasteiger partial charge in [-0.3, -0.25) is 9.52 Å². The highest BCUT2D eigenvalue weighted by atomic mass is 35.5. The third-order valence-electron chi connectivity index (χ3n) is 4.14. The number of amides is 1. The maximum absolute atomic E-state index is 12.6. The van der Waals surface area contributed by atoms with Crippen molar-refractivity contribution in [2.24, 2.45) is 0 Å². The van der Waals surface area contributed by atoms with Gasteiger partial charge in [-0.15, -0.1) is 0 Å². The lowest BCUT2D eigenvalue weighted by Crippen LogP contribution is -2.15. The Balaban J connectivity index is 1.78. The Morgan fingerprint density at radius 1 is 0.867 bits per heavy atom. The first-order chi connectivity index (χ1) is 14.3. The molecule has 3 aromatic carbocycles. The summed E-state index contributed by atoms with van der Waals surface area (Å²) in [6, 6.07) is 16.9. The Bertz CT molecular complexity index is 1160. The number of ether oxygens (including phenoxy) is 2. The molecule has 0 spiro atoms. The molecule has 7 nitrogen and oxygen atoms in total. The molecule has 3 rings (SSSR count). The van der Waals surface area contributed by atoms with E-state index in [2.05, 4.69) is 10.0 Å². The van der Waals surface area contributed by atoms with Crippen molar-refractivity contribution >= 4 is 38.9 Å². The summed E-state index contributed by atoms with van der Waals surface area (Å²) in [6.45, 7) is 0. The number of anilines is 2. The Labute approximate surface area is 179 Å². The van der Waals surface area contributed by atoms with Gasteiger partial charge in [0.25, 0.3) is 15.9 Å². The number of halogens is 1. The molecule has 9 heteroatoms. The lowest BCUT2D eigenvalue weighted by Gasteiger charge is -2.12. The predicted molar refractivity (Wildman–Crippen MR) is 116 cm³/mol. The van der Waals surface area contributed by atoms with E-state index in [-0.39, 0.29) is 16.1 Å². The van der Waals surface area contributed by atoms with Crippen LogP contribution in [0.4, 0.5) is 11.4 Å². The van der Waals surface area contributed by atoms with Crippen LogP contribution in [0, 0.1) is 0 Å². The van der Waals surface area contributed by atoms with Crippen molar-refractivity contribution in [3.8, 4) is 11.5 Å². The molecular formula is C21H19ClN2O5S. The Morgan fingerprint density at radius 3 is 2.23 bits per heavy atom. The van der Waals surface area contributed by atoms with Crippen LogP contribution in [0.25, 0.3) is 0 Å². The van der Waals surface area contributed by atoms with E-state index >= 15 is 0 Å². The number of hydrogen-bond acceptors (Lipinski definition) is 5. The smallest absolute Gasteiger partial charge is 0.261 e. The van der Waals surface area contributed by atoms with Gasteiger partial charge in [-0.1, -0.05) is 17.7 Å². The van der Waals surface area contributed by atoms with Gasteiger partial charge in [0.15, 0.2) is 11.5 Å². The molecule has 0 bridgehead atoms. The number of hydrogen-bond donors (Lipinski definition) is 2. The van der Waals surface area contributed by atoms with Crippen LogP contribution in [0.2, 0.25) is 5.02 Å². The Hall–Kier alpha value is -3.23. The van der Waals surface area contributed by atoms with Crippen LogP contribution < -0.4 is 19.5 Å². The van der Waals surface area contributed by atoms with Gasteiger partial charge in [0.05, 0.1) is 19.1 Å². The fourth-order valence-electron chi connectivity index (χ4n) is 2.67. The van der Waals surface area contributed by atoms with Gasteiger partial charge in [0.1, 0.15) is 0 Å². The SMILES string of the molecule is COc1ccc(NC(=O)c2cccc(NS(=O)(=O)c3ccc(Cl)cc3)c2)cc1OC. The highest BCUT2D eigenvalue weighted by Gasteiger charge is 2.15. The second kappa shape index (κ2) is 9.06. The van der Waals surface area contributed by atoms with E-state index in [1.807, 2.05) is 0 Å². The summed E-state index contributed by atoms with van der Waals surface area (Å²) in [7, 11) is -0.799. The van der Waals surface area contributed by atoms with E-state index < -0.39 is 15.9 Å². The predicted octanol–water partition coefficient (Wildman–Crippen LogP) is 4.41. The number of sulfonamides is 1. The molecule has 0 aromatic heterocycles. The summed E-state index contributed by atoms with van der Waals surface area (Å²) in [5, 5.41) is 3.18. The summed E-state index contributed by atoms with van der Waals surface area (Å²) in [6.07, 6.45) is 0. The van der Waals surface area contributed by atoms with E-state index in [0.29, 0.717) is 22.2 Å².